The Bertz CT molecular complexity index is 2450. The zero-order chi connectivity index (χ0) is 39.5. The highest BCUT2D eigenvalue weighted by atomic mass is 19.3. The molecule has 0 spiro atoms. The molecule has 0 bridgehead atoms. The van der Waals surface area contributed by atoms with Crippen LogP contribution in [-0.4, -0.2) is 69.7 Å². The van der Waals surface area contributed by atoms with Gasteiger partial charge in [-0.05, 0) is 85.2 Å². The summed E-state index contributed by atoms with van der Waals surface area (Å²) in [4.78, 5) is 25.2. The Balaban J connectivity index is 1.12. The molecule has 0 amide bonds. The molecule has 2 aliphatic heterocycles. The fourth-order valence-electron chi connectivity index (χ4n) is 8.24. The lowest BCUT2D eigenvalue weighted by Gasteiger charge is -2.46. The summed E-state index contributed by atoms with van der Waals surface area (Å²) in [6.07, 6.45) is 1.16. The van der Waals surface area contributed by atoms with Gasteiger partial charge in [-0.3, -0.25) is 14.6 Å². The van der Waals surface area contributed by atoms with E-state index in [0.717, 1.165) is 40.9 Å². The molecule has 1 atom stereocenters. The minimum atomic E-state index is -3.09. The van der Waals surface area contributed by atoms with Crippen molar-refractivity contribution in [2.24, 2.45) is 5.41 Å². The van der Waals surface area contributed by atoms with Gasteiger partial charge in [-0.1, -0.05) is 38.1 Å². The Morgan fingerprint density at radius 2 is 1.29 bits per heavy atom. The highest BCUT2D eigenvalue weighted by molar-refractivity contribution is 5.85. The summed E-state index contributed by atoms with van der Waals surface area (Å²) >= 11 is 0. The van der Waals surface area contributed by atoms with Crippen LogP contribution in [0.25, 0.3) is 56.2 Å². The number of nitrogens with zero attached hydrogens (tertiary/aromatic N) is 4. The van der Waals surface area contributed by atoms with Crippen LogP contribution in [0.3, 0.4) is 0 Å². The van der Waals surface area contributed by atoms with Crippen LogP contribution in [0, 0.1) is 19.3 Å². The molecule has 14 heteroatoms. The van der Waals surface area contributed by atoms with Crippen LogP contribution in [0.15, 0.2) is 69.5 Å². The molecule has 292 valence electrons. The monoisotopic (exact) mass is 772 g/mol. The van der Waals surface area contributed by atoms with E-state index in [1.165, 1.54) is 12.1 Å². The molecule has 6 aromatic rings. The number of ether oxygens (including phenoxy) is 2. The summed E-state index contributed by atoms with van der Waals surface area (Å²) in [5.41, 5.74) is 7.55. The largest absolute Gasteiger partial charge is 0.480 e. The van der Waals surface area contributed by atoms with Crippen LogP contribution in [0.4, 0.5) is 17.6 Å². The number of carbonyl (C=O) groups is 1. The molecule has 8 rings (SSSR count). The molecule has 4 heterocycles. The molecule has 56 heavy (non-hydrogen) atoms. The number of rotatable bonds is 12. The van der Waals surface area contributed by atoms with Crippen molar-refractivity contribution in [1.82, 2.24) is 19.8 Å². The molecule has 2 saturated heterocycles. The number of halogens is 4. The van der Waals surface area contributed by atoms with E-state index in [4.69, 9.17) is 28.3 Å². The quantitative estimate of drug-likeness (QED) is 0.121. The topological polar surface area (TPSA) is 114 Å². The van der Waals surface area contributed by atoms with Crippen LogP contribution < -0.4 is 9.47 Å². The summed E-state index contributed by atoms with van der Waals surface area (Å²) in [5, 5.41) is 9.66. The number of aliphatic carboxylic acids is 1. The van der Waals surface area contributed by atoms with Gasteiger partial charge < -0.3 is 23.4 Å². The average molecular weight is 773 g/mol. The maximum Gasteiger partial charge on any atom is 0.387 e. The van der Waals surface area contributed by atoms with E-state index in [-0.39, 0.29) is 34.9 Å². The second-order valence-corrected chi connectivity index (χ2v) is 15.4. The molecule has 2 aromatic heterocycles. The molecule has 0 unspecified atom stereocenters. The lowest BCUT2D eigenvalue weighted by molar-refractivity contribution is -0.142. The molecule has 1 N–H and O–H groups in total. The molecular weight excluding hydrogens is 732 g/mol. The number of oxazole rings is 2. The van der Waals surface area contributed by atoms with Crippen molar-refractivity contribution in [2.75, 3.05) is 19.6 Å². The van der Waals surface area contributed by atoms with Crippen molar-refractivity contribution in [2.45, 2.75) is 72.9 Å². The predicted octanol–water partition coefficient (Wildman–Crippen LogP) is 9.68. The fourth-order valence-corrected chi connectivity index (χ4v) is 8.24. The van der Waals surface area contributed by atoms with Crippen LogP contribution in [0.5, 0.6) is 11.5 Å². The van der Waals surface area contributed by atoms with E-state index in [1.54, 1.807) is 17.0 Å². The Kier molecular flexibility index (Phi) is 9.73. The van der Waals surface area contributed by atoms with E-state index < -0.39 is 25.2 Å². The van der Waals surface area contributed by atoms with Gasteiger partial charge in [0.15, 0.2) is 11.2 Å². The van der Waals surface area contributed by atoms with Crippen LogP contribution in [0.2, 0.25) is 0 Å². The Hall–Kier alpha value is -5.47. The smallest absolute Gasteiger partial charge is 0.387 e. The van der Waals surface area contributed by atoms with Gasteiger partial charge in [0.05, 0.1) is 0 Å². The second-order valence-electron chi connectivity index (χ2n) is 15.4. The van der Waals surface area contributed by atoms with Crippen molar-refractivity contribution in [3.8, 4) is 45.5 Å². The first-order chi connectivity index (χ1) is 26.7. The van der Waals surface area contributed by atoms with Crippen molar-refractivity contribution < 1.29 is 45.8 Å². The number of hydrogen-bond acceptors (Lipinski definition) is 9. The SMILES string of the molecule is Cc1c(-c2nc3cc(CN4CC(C)(C)C4)c(OC(F)F)cc3o2)cccc1-c1cccc(-c2nc3cc(CN4CCC[C@H]4C(=O)O)c(OC(F)F)cc3o2)c1C. The number of fused-ring (bicyclic) bond motifs is 2. The number of likely N-dealkylation sites (tertiary alicyclic amines) is 2. The Morgan fingerprint density at radius 3 is 1.75 bits per heavy atom. The molecular formula is C42H40F4N4O6. The molecule has 4 aromatic carbocycles. The Morgan fingerprint density at radius 1 is 0.804 bits per heavy atom. The lowest BCUT2D eigenvalue weighted by atomic mass is 9.84. The van der Waals surface area contributed by atoms with Gasteiger partial charge in [-0.25, -0.2) is 9.97 Å². The van der Waals surface area contributed by atoms with Crippen LogP contribution in [-0.2, 0) is 17.9 Å². The van der Waals surface area contributed by atoms with Crippen LogP contribution >= 0.6 is 0 Å². The second kappa shape index (κ2) is 14.6. The summed E-state index contributed by atoms with van der Waals surface area (Å²) in [7, 11) is 0. The van der Waals surface area contributed by atoms with E-state index in [1.807, 2.05) is 50.2 Å². The van der Waals surface area contributed by atoms with Gasteiger partial charge in [-0.15, -0.1) is 0 Å². The predicted molar refractivity (Wildman–Crippen MR) is 201 cm³/mol. The summed E-state index contributed by atoms with van der Waals surface area (Å²) < 4.78 is 76.0. The number of carboxylic acids is 1. The average Bonchev–Trinajstić information content (AvgIpc) is 3.86. The van der Waals surface area contributed by atoms with E-state index in [0.29, 0.717) is 65.1 Å². The van der Waals surface area contributed by atoms with E-state index in [2.05, 4.69) is 18.7 Å². The van der Waals surface area contributed by atoms with Crippen molar-refractivity contribution in [3.63, 3.8) is 0 Å². The Labute approximate surface area is 319 Å². The molecule has 0 radical (unpaired) electrons. The first kappa shape index (κ1) is 37.5. The number of alkyl halides is 4. The number of benzene rings is 4. The summed E-state index contributed by atoms with van der Waals surface area (Å²) in [6.45, 7) is 4.89. The summed E-state index contributed by atoms with van der Waals surface area (Å²) in [5.74, 6) is -0.391. The van der Waals surface area contributed by atoms with Crippen molar-refractivity contribution in [3.05, 3.63) is 82.9 Å². The molecule has 2 aliphatic rings. The number of hydrogen-bond donors (Lipinski definition) is 1. The van der Waals surface area contributed by atoms with Gasteiger partial charge in [0.2, 0.25) is 11.8 Å². The third-order valence-electron chi connectivity index (χ3n) is 10.7. The minimum absolute atomic E-state index is 0.0597. The third kappa shape index (κ3) is 7.30. The molecule has 2 fully saturated rings. The van der Waals surface area contributed by atoms with Gasteiger partial charge in [0, 0.05) is 60.6 Å². The number of aromatic nitrogens is 2. The normalized spacial score (nSPS) is 17.4. The lowest BCUT2D eigenvalue weighted by Crippen LogP contribution is -2.52. The highest BCUT2D eigenvalue weighted by Crippen LogP contribution is 2.40. The first-order valence-electron chi connectivity index (χ1n) is 18.4. The fraction of sp³-hybridized carbons (Fsp3) is 0.357. The standard InChI is InChI=1S/C42H40F4N4O6/c1-22-26(8-5-10-28(22)37-47-30-14-24(18-49-20-42(3,4)21-49)33(55-40(43)44)16-35(30)53-37)27-9-6-11-29(23(27)2)38-48-31-15-25(19-50-13-7-12-32(50)39(51)52)34(56-41(45)46)17-36(31)54-38/h5-6,8-11,14-17,32,40-41H,7,12-13,18-21H2,1-4H3,(H,51,52)/t32-/m0/s1. The molecule has 10 nitrogen and oxygen atoms in total. The van der Waals surface area contributed by atoms with E-state index >= 15 is 0 Å². The highest BCUT2D eigenvalue weighted by Gasteiger charge is 2.35. The molecule has 0 saturated carbocycles. The number of carboxylic acid groups (broad SMARTS) is 1. The zero-order valence-corrected chi connectivity index (χ0v) is 31.2. The maximum absolute atomic E-state index is 13.5. The summed E-state index contributed by atoms with van der Waals surface area (Å²) in [6, 6.07) is 17.0. The third-order valence-corrected chi connectivity index (χ3v) is 10.7. The van der Waals surface area contributed by atoms with Gasteiger partial charge >= 0.3 is 19.2 Å². The van der Waals surface area contributed by atoms with Gasteiger partial charge in [0.1, 0.15) is 28.6 Å². The minimum Gasteiger partial charge on any atom is -0.480 e. The van der Waals surface area contributed by atoms with Crippen molar-refractivity contribution >= 4 is 28.2 Å². The first-order valence-corrected chi connectivity index (χ1v) is 18.4. The zero-order valence-electron chi connectivity index (χ0n) is 31.2. The molecule has 0 aliphatic carbocycles. The van der Waals surface area contributed by atoms with Crippen LogP contribution in [0.1, 0.15) is 48.9 Å². The van der Waals surface area contributed by atoms with E-state index in [9.17, 15) is 27.5 Å². The maximum atomic E-state index is 13.5. The van der Waals surface area contributed by atoms with Gasteiger partial charge in [0.25, 0.3) is 0 Å². The van der Waals surface area contributed by atoms with Crippen molar-refractivity contribution in [1.29, 1.82) is 0 Å². The van der Waals surface area contributed by atoms with Gasteiger partial charge in [-0.2, -0.15) is 17.6 Å².